The van der Waals surface area contributed by atoms with E-state index in [0.717, 1.165) is 11.1 Å². The first-order chi connectivity index (χ1) is 8.61. The van der Waals surface area contributed by atoms with Crippen molar-refractivity contribution in [3.63, 3.8) is 0 Å². The predicted molar refractivity (Wildman–Crippen MR) is 67.9 cm³/mol. The van der Waals surface area contributed by atoms with Crippen molar-refractivity contribution in [1.29, 1.82) is 0 Å². The maximum atomic E-state index is 13.2. The molecule has 0 fully saturated rings. The first-order valence-electron chi connectivity index (χ1n) is 5.56. The zero-order valence-corrected chi connectivity index (χ0v) is 10.2. The van der Waals surface area contributed by atoms with Gasteiger partial charge in [0.2, 0.25) is 0 Å². The van der Waals surface area contributed by atoms with E-state index in [1.54, 1.807) is 31.2 Å². The molecule has 3 heteroatoms. The second kappa shape index (κ2) is 5.00. The Bertz CT molecular complexity index is 574. The molecule has 0 bridgehead atoms. The van der Waals surface area contributed by atoms with Gasteiger partial charge in [0.1, 0.15) is 5.82 Å². The number of esters is 1. The molecule has 0 aromatic heterocycles. The predicted octanol–water partition coefficient (Wildman–Crippen LogP) is 3.59. The molecular formula is C15H13FO2. The monoisotopic (exact) mass is 244 g/mol. The van der Waals surface area contributed by atoms with Crippen LogP contribution in [0.2, 0.25) is 0 Å². The molecule has 0 saturated heterocycles. The van der Waals surface area contributed by atoms with Crippen molar-refractivity contribution in [2.45, 2.75) is 6.92 Å². The van der Waals surface area contributed by atoms with Gasteiger partial charge in [0.25, 0.3) is 0 Å². The summed E-state index contributed by atoms with van der Waals surface area (Å²) in [5, 5.41) is 0. The highest BCUT2D eigenvalue weighted by molar-refractivity contribution is 5.89. The molecule has 0 N–H and O–H groups in total. The van der Waals surface area contributed by atoms with E-state index < -0.39 is 0 Å². The maximum absolute atomic E-state index is 13.2. The second-order valence-corrected chi connectivity index (χ2v) is 4.03. The van der Waals surface area contributed by atoms with Gasteiger partial charge in [-0.3, -0.25) is 0 Å². The molecule has 2 nitrogen and oxygen atoms in total. The third-order valence-corrected chi connectivity index (χ3v) is 2.80. The van der Waals surface area contributed by atoms with Gasteiger partial charge in [0.15, 0.2) is 0 Å². The largest absolute Gasteiger partial charge is 0.465 e. The molecule has 0 spiro atoms. The Balaban J connectivity index is 2.34. The molecule has 0 aliphatic rings. The second-order valence-electron chi connectivity index (χ2n) is 4.03. The van der Waals surface area contributed by atoms with Crippen molar-refractivity contribution < 1.29 is 13.9 Å². The molecule has 0 amide bonds. The van der Waals surface area contributed by atoms with Crippen LogP contribution < -0.4 is 0 Å². The number of carbonyl (C=O) groups is 1. The fraction of sp³-hybridized carbons (Fsp3) is 0.133. The molecule has 2 rings (SSSR count). The summed E-state index contributed by atoms with van der Waals surface area (Å²) in [5.74, 6) is -0.582. The zero-order valence-electron chi connectivity index (χ0n) is 10.2. The Labute approximate surface area is 105 Å². The molecule has 2 aromatic carbocycles. The maximum Gasteiger partial charge on any atom is 0.337 e. The van der Waals surface area contributed by atoms with Crippen LogP contribution in [0.15, 0.2) is 42.5 Å². The van der Waals surface area contributed by atoms with Crippen LogP contribution in [0.4, 0.5) is 4.39 Å². The van der Waals surface area contributed by atoms with Gasteiger partial charge in [-0.2, -0.15) is 0 Å². The van der Waals surface area contributed by atoms with Gasteiger partial charge in [-0.05, 0) is 47.9 Å². The first-order valence-corrected chi connectivity index (χ1v) is 5.56. The summed E-state index contributed by atoms with van der Waals surface area (Å²) >= 11 is 0. The van der Waals surface area contributed by atoms with Crippen molar-refractivity contribution in [3.05, 3.63) is 59.4 Å². The minimum absolute atomic E-state index is 0.218. The van der Waals surface area contributed by atoms with Crippen molar-refractivity contribution in [3.8, 4) is 11.1 Å². The fourth-order valence-electron chi connectivity index (χ4n) is 1.74. The Hall–Kier alpha value is -2.16. The lowest BCUT2D eigenvalue weighted by Gasteiger charge is -2.05. The Morgan fingerprint density at radius 3 is 2.22 bits per heavy atom. The highest BCUT2D eigenvalue weighted by Crippen LogP contribution is 2.22. The minimum Gasteiger partial charge on any atom is -0.465 e. The summed E-state index contributed by atoms with van der Waals surface area (Å²) in [6.45, 7) is 1.72. The number of ether oxygens (including phenoxy) is 1. The number of hydrogen-bond donors (Lipinski definition) is 0. The highest BCUT2D eigenvalue weighted by atomic mass is 19.1. The lowest BCUT2D eigenvalue weighted by Crippen LogP contribution is -2.00. The minimum atomic E-state index is -0.364. The third kappa shape index (κ3) is 2.40. The number of halogens is 1. The van der Waals surface area contributed by atoms with Crippen LogP contribution in [0.1, 0.15) is 15.9 Å². The standard InChI is InChI=1S/C15H13FO2/c1-10-9-13(7-8-14(10)16)11-3-5-12(6-4-11)15(17)18-2/h3-9H,1-2H3. The van der Waals surface area contributed by atoms with E-state index in [1.165, 1.54) is 13.2 Å². The molecule has 0 aliphatic heterocycles. The Morgan fingerprint density at radius 1 is 1.06 bits per heavy atom. The normalized spacial score (nSPS) is 10.2. The van der Waals surface area contributed by atoms with E-state index in [-0.39, 0.29) is 11.8 Å². The molecule has 0 heterocycles. The average Bonchev–Trinajstić information content (AvgIpc) is 2.41. The molecule has 0 saturated carbocycles. The number of benzene rings is 2. The van der Waals surface area contributed by atoms with Gasteiger partial charge in [-0.25, -0.2) is 9.18 Å². The first kappa shape index (κ1) is 12.3. The van der Waals surface area contributed by atoms with Crippen LogP contribution in [0, 0.1) is 12.7 Å². The number of hydrogen-bond acceptors (Lipinski definition) is 2. The van der Waals surface area contributed by atoms with E-state index in [0.29, 0.717) is 11.1 Å². The smallest absolute Gasteiger partial charge is 0.337 e. The Kier molecular flexibility index (Phi) is 3.42. The summed E-state index contributed by atoms with van der Waals surface area (Å²) in [4.78, 5) is 11.3. The summed E-state index contributed by atoms with van der Waals surface area (Å²) in [6.07, 6.45) is 0. The third-order valence-electron chi connectivity index (χ3n) is 2.80. The van der Waals surface area contributed by atoms with Crippen LogP contribution in [-0.4, -0.2) is 13.1 Å². The topological polar surface area (TPSA) is 26.3 Å². The van der Waals surface area contributed by atoms with Crippen LogP contribution in [0.5, 0.6) is 0 Å². The van der Waals surface area contributed by atoms with Crippen LogP contribution in [0.3, 0.4) is 0 Å². The van der Waals surface area contributed by atoms with Crippen LogP contribution in [-0.2, 0) is 4.74 Å². The fourth-order valence-corrected chi connectivity index (χ4v) is 1.74. The summed E-state index contributed by atoms with van der Waals surface area (Å²) in [5.41, 5.74) is 2.96. The molecule has 0 unspecified atom stereocenters. The number of rotatable bonds is 2. The SMILES string of the molecule is COC(=O)c1ccc(-c2ccc(F)c(C)c2)cc1. The summed E-state index contributed by atoms with van der Waals surface area (Å²) in [6, 6.07) is 12.0. The van der Waals surface area contributed by atoms with Gasteiger partial charge < -0.3 is 4.74 Å². The van der Waals surface area contributed by atoms with E-state index in [1.807, 2.05) is 12.1 Å². The van der Waals surface area contributed by atoms with Crippen molar-refractivity contribution >= 4 is 5.97 Å². The molecular weight excluding hydrogens is 231 g/mol. The quantitative estimate of drug-likeness (QED) is 0.755. The number of carbonyl (C=O) groups excluding carboxylic acids is 1. The van der Waals surface area contributed by atoms with Gasteiger partial charge >= 0.3 is 5.97 Å². The summed E-state index contributed by atoms with van der Waals surface area (Å²) in [7, 11) is 1.35. The zero-order chi connectivity index (χ0) is 13.1. The average molecular weight is 244 g/mol. The molecule has 0 radical (unpaired) electrons. The van der Waals surface area contributed by atoms with Gasteiger partial charge in [0, 0.05) is 0 Å². The molecule has 0 aliphatic carbocycles. The highest BCUT2D eigenvalue weighted by Gasteiger charge is 2.06. The lowest BCUT2D eigenvalue weighted by atomic mass is 10.0. The lowest BCUT2D eigenvalue weighted by molar-refractivity contribution is 0.0601. The van der Waals surface area contributed by atoms with E-state index in [9.17, 15) is 9.18 Å². The molecule has 18 heavy (non-hydrogen) atoms. The van der Waals surface area contributed by atoms with Crippen molar-refractivity contribution in [2.24, 2.45) is 0 Å². The molecule has 2 aromatic rings. The van der Waals surface area contributed by atoms with E-state index in [4.69, 9.17) is 0 Å². The van der Waals surface area contributed by atoms with Crippen molar-refractivity contribution in [2.75, 3.05) is 7.11 Å². The van der Waals surface area contributed by atoms with Gasteiger partial charge in [-0.1, -0.05) is 18.2 Å². The number of aryl methyl sites for hydroxylation is 1. The summed E-state index contributed by atoms with van der Waals surface area (Å²) < 4.78 is 17.8. The van der Waals surface area contributed by atoms with Crippen LogP contribution in [0.25, 0.3) is 11.1 Å². The van der Waals surface area contributed by atoms with Crippen molar-refractivity contribution in [1.82, 2.24) is 0 Å². The Morgan fingerprint density at radius 2 is 1.67 bits per heavy atom. The van der Waals surface area contributed by atoms with E-state index in [2.05, 4.69) is 4.74 Å². The van der Waals surface area contributed by atoms with Gasteiger partial charge in [-0.15, -0.1) is 0 Å². The van der Waals surface area contributed by atoms with Crippen LogP contribution >= 0.6 is 0 Å². The van der Waals surface area contributed by atoms with E-state index >= 15 is 0 Å². The molecule has 92 valence electrons. The van der Waals surface area contributed by atoms with Gasteiger partial charge in [0.05, 0.1) is 12.7 Å². The number of methoxy groups -OCH3 is 1. The molecule has 0 atom stereocenters.